The Morgan fingerprint density at radius 3 is 2.67 bits per heavy atom. The lowest BCUT2D eigenvalue weighted by Gasteiger charge is -2.38. The van der Waals surface area contributed by atoms with Crippen LogP contribution in [-0.4, -0.2) is 52.3 Å². The van der Waals surface area contributed by atoms with Crippen LogP contribution in [0.1, 0.15) is 23.7 Å². The minimum absolute atomic E-state index is 0.00579. The van der Waals surface area contributed by atoms with Crippen molar-refractivity contribution in [2.75, 3.05) is 36.8 Å². The second-order valence-electron chi connectivity index (χ2n) is 7.98. The molecule has 3 heterocycles. The lowest BCUT2D eigenvalue weighted by atomic mass is 10.1. The van der Waals surface area contributed by atoms with E-state index in [0.717, 1.165) is 40.2 Å². The number of nitrogens with zero attached hydrogens (tertiary/aromatic N) is 4. The van der Waals surface area contributed by atoms with Crippen LogP contribution in [0.4, 0.5) is 5.69 Å². The quantitative estimate of drug-likeness (QED) is 0.678. The van der Waals surface area contributed by atoms with Crippen molar-refractivity contribution >= 4 is 35.0 Å². The predicted octanol–water partition coefficient (Wildman–Crippen LogP) is 3.15. The van der Waals surface area contributed by atoms with Crippen LogP contribution in [-0.2, 0) is 17.8 Å². The van der Waals surface area contributed by atoms with Crippen LogP contribution in [0.2, 0.25) is 5.02 Å². The largest absolute Gasteiger partial charge is 0.368 e. The van der Waals surface area contributed by atoms with Crippen LogP contribution in [0.25, 0.3) is 0 Å². The van der Waals surface area contributed by atoms with Gasteiger partial charge in [0.1, 0.15) is 0 Å². The van der Waals surface area contributed by atoms with Crippen LogP contribution in [0.15, 0.2) is 28.2 Å². The van der Waals surface area contributed by atoms with E-state index in [9.17, 15) is 9.59 Å². The van der Waals surface area contributed by atoms with E-state index in [4.69, 9.17) is 11.6 Å². The van der Waals surface area contributed by atoms with Gasteiger partial charge in [-0.05, 0) is 38.0 Å². The summed E-state index contributed by atoms with van der Waals surface area (Å²) in [5.74, 6) is 0.624. The van der Waals surface area contributed by atoms with Crippen LogP contribution < -0.4 is 10.5 Å². The fourth-order valence-electron chi connectivity index (χ4n) is 4.30. The highest BCUT2D eigenvalue weighted by atomic mass is 35.5. The van der Waals surface area contributed by atoms with Gasteiger partial charge in [-0.1, -0.05) is 36.4 Å². The van der Waals surface area contributed by atoms with Gasteiger partial charge in [0.25, 0.3) is 5.56 Å². The van der Waals surface area contributed by atoms with E-state index < -0.39 is 0 Å². The third-order valence-electron chi connectivity index (χ3n) is 6.06. The van der Waals surface area contributed by atoms with Crippen molar-refractivity contribution in [3.63, 3.8) is 0 Å². The smallest absolute Gasteiger partial charge is 0.257 e. The van der Waals surface area contributed by atoms with Crippen molar-refractivity contribution in [3.8, 4) is 0 Å². The molecule has 2 aliphatic heterocycles. The molecule has 1 atom stereocenters. The number of anilines is 1. The molecule has 4 rings (SSSR count). The molecule has 0 saturated carbocycles. The molecule has 160 valence electrons. The Kier molecular flexibility index (Phi) is 6.11. The molecule has 0 spiro atoms. The SMILES string of the molecule is CCc1c(C)nc2n(c1=O)C[C@H](C(=O)N1CCN(c3cc(Cl)ccc3C)CC1)CS2. The van der Waals surface area contributed by atoms with Crippen LogP contribution in [0, 0.1) is 19.8 Å². The molecular weight excluding hydrogens is 420 g/mol. The number of halogens is 1. The Bertz CT molecular complexity index is 1030. The molecule has 6 nitrogen and oxygen atoms in total. The van der Waals surface area contributed by atoms with Gasteiger partial charge in [0.15, 0.2) is 5.16 Å². The van der Waals surface area contributed by atoms with E-state index >= 15 is 0 Å². The van der Waals surface area contributed by atoms with E-state index in [1.165, 1.54) is 17.3 Å². The van der Waals surface area contributed by atoms with Crippen LogP contribution in [0.5, 0.6) is 0 Å². The van der Waals surface area contributed by atoms with Gasteiger partial charge in [-0.3, -0.25) is 14.2 Å². The van der Waals surface area contributed by atoms with Gasteiger partial charge in [-0.2, -0.15) is 0 Å². The number of hydrogen-bond acceptors (Lipinski definition) is 5. The second-order valence-corrected chi connectivity index (χ2v) is 9.40. The molecule has 0 radical (unpaired) electrons. The standard InChI is InChI=1S/C22H27ClN4O2S/c1-4-18-15(3)24-22-27(21(18)29)12-16(13-30-22)20(28)26-9-7-25(8-10-26)19-11-17(23)6-5-14(19)2/h5-6,11,16H,4,7-10,12-13H2,1-3H3/t16-/m0/s1. The maximum absolute atomic E-state index is 13.2. The Morgan fingerprint density at radius 1 is 1.23 bits per heavy atom. The summed E-state index contributed by atoms with van der Waals surface area (Å²) in [4.78, 5) is 34.9. The summed E-state index contributed by atoms with van der Waals surface area (Å²) in [5.41, 5.74) is 3.88. The average Bonchev–Trinajstić information content (AvgIpc) is 2.75. The number of rotatable bonds is 3. The second kappa shape index (κ2) is 8.63. The molecular formula is C22H27ClN4O2S. The lowest BCUT2D eigenvalue weighted by Crippen LogP contribution is -2.52. The molecule has 0 bridgehead atoms. The van der Waals surface area contributed by atoms with E-state index in [0.29, 0.717) is 31.8 Å². The first kappa shape index (κ1) is 21.2. The summed E-state index contributed by atoms with van der Waals surface area (Å²) in [5, 5.41) is 1.47. The van der Waals surface area contributed by atoms with Gasteiger partial charge >= 0.3 is 0 Å². The number of piperazine rings is 1. The molecule has 30 heavy (non-hydrogen) atoms. The number of aromatic nitrogens is 2. The van der Waals surface area contributed by atoms with E-state index in [-0.39, 0.29) is 17.4 Å². The van der Waals surface area contributed by atoms with Crippen molar-refractivity contribution in [1.82, 2.24) is 14.5 Å². The first-order valence-corrected chi connectivity index (χ1v) is 11.8. The maximum atomic E-state index is 13.2. The maximum Gasteiger partial charge on any atom is 0.257 e. The number of benzene rings is 1. The minimum atomic E-state index is -0.186. The van der Waals surface area contributed by atoms with Crippen molar-refractivity contribution in [2.24, 2.45) is 5.92 Å². The van der Waals surface area contributed by atoms with E-state index in [1.807, 2.05) is 36.9 Å². The molecule has 2 aliphatic rings. The number of hydrogen-bond donors (Lipinski definition) is 0. The fourth-order valence-corrected chi connectivity index (χ4v) is 5.58. The Labute approximate surface area is 186 Å². The number of amides is 1. The fraction of sp³-hybridized carbons (Fsp3) is 0.500. The normalized spacial score (nSPS) is 19.0. The summed E-state index contributed by atoms with van der Waals surface area (Å²) < 4.78 is 1.70. The van der Waals surface area contributed by atoms with Crippen LogP contribution in [0.3, 0.4) is 0 Å². The molecule has 0 unspecified atom stereocenters. The summed E-state index contributed by atoms with van der Waals surface area (Å²) in [6.45, 7) is 9.29. The molecule has 0 N–H and O–H groups in total. The molecule has 8 heteroatoms. The Balaban J connectivity index is 1.44. The van der Waals surface area contributed by atoms with E-state index in [1.54, 1.807) is 4.57 Å². The van der Waals surface area contributed by atoms with Gasteiger partial charge in [-0.15, -0.1) is 0 Å². The first-order chi connectivity index (χ1) is 14.4. The highest BCUT2D eigenvalue weighted by molar-refractivity contribution is 7.99. The monoisotopic (exact) mass is 446 g/mol. The van der Waals surface area contributed by atoms with E-state index in [2.05, 4.69) is 16.8 Å². The minimum Gasteiger partial charge on any atom is -0.368 e. The highest BCUT2D eigenvalue weighted by Crippen LogP contribution is 2.29. The lowest BCUT2D eigenvalue weighted by molar-refractivity contribution is -0.135. The van der Waals surface area contributed by atoms with Crippen molar-refractivity contribution in [3.05, 3.63) is 50.4 Å². The van der Waals surface area contributed by atoms with Crippen molar-refractivity contribution in [2.45, 2.75) is 38.9 Å². The topological polar surface area (TPSA) is 58.4 Å². The summed E-state index contributed by atoms with van der Waals surface area (Å²) in [6.07, 6.45) is 0.659. The number of aryl methyl sites for hydroxylation is 2. The van der Waals surface area contributed by atoms with Crippen molar-refractivity contribution in [1.29, 1.82) is 0 Å². The average molecular weight is 447 g/mol. The van der Waals surface area contributed by atoms with Gasteiger partial charge in [0.05, 0.1) is 5.92 Å². The van der Waals surface area contributed by atoms with Crippen molar-refractivity contribution < 1.29 is 4.79 Å². The third-order valence-corrected chi connectivity index (χ3v) is 7.43. The number of carbonyl (C=O) groups is 1. The summed E-state index contributed by atoms with van der Waals surface area (Å²) >= 11 is 7.69. The summed E-state index contributed by atoms with van der Waals surface area (Å²) in [6, 6.07) is 5.93. The number of fused-ring (bicyclic) bond motifs is 1. The third kappa shape index (κ3) is 3.97. The molecule has 1 aromatic heterocycles. The zero-order valence-corrected chi connectivity index (χ0v) is 19.2. The van der Waals surface area contributed by atoms with Crippen LogP contribution >= 0.6 is 23.4 Å². The number of thioether (sulfide) groups is 1. The molecule has 1 saturated heterocycles. The number of carbonyl (C=O) groups excluding carboxylic acids is 1. The van der Waals surface area contributed by atoms with Gasteiger partial charge in [0.2, 0.25) is 5.91 Å². The highest BCUT2D eigenvalue weighted by Gasteiger charge is 2.32. The summed E-state index contributed by atoms with van der Waals surface area (Å²) in [7, 11) is 0. The predicted molar refractivity (Wildman–Crippen MR) is 122 cm³/mol. The zero-order chi connectivity index (χ0) is 21.4. The first-order valence-electron chi connectivity index (χ1n) is 10.4. The van der Waals surface area contributed by atoms with Gasteiger partial charge in [0, 0.05) is 60.4 Å². The zero-order valence-electron chi connectivity index (χ0n) is 17.7. The molecule has 1 fully saturated rings. The van der Waals surface area contributed by atoms with Gasteiger partial charge in [-0.25, -0.2) is 4.98 Å². The Hall–Kier alpha value is -1.99. The molecule has 0 aliphatic carbocycles. The molecule has 2 aromatic rings. The molecule has 1 aromatic carbocycles. The van der Waals surface area contributed by atoms with Gasteiger partial charge < -0.3 is 9.80 Å². The Morgan fingerprint density at radius 2 is 1.97 bits per heavy atom. The molecule has 1 amide bonds.